The Hall–Kier alpha value is -2.26. The summed E-state index contributed by atoms with van der Waals surface area (Å²) in [5.41, 5.74) is 3.55. The number of sulfonamides is 1. The molecule has 1 aromatic heterocycles. The van der Waals surface area contributed by atoms with Crippen molar-refractivity contribution in [3.63, 3.8) is 0 Å². The minimum absolute atomic E-state index is 0.143. The van der Waals surface area contributed by atoms with Crippen LogP contribution in [0.3, 0.4) is 0 Å². The quantitative estimate of drug-likeness (QED) is 0.456. The molecule has 2 aromatic carbocycles. The summed E-state index contributed by atoms with van der Waals surface area (Å²) in [6.45, 7) is 6.56. The molecule has 1 saturated heterocycles. The molecule has 176 valence electrons. The first kappa shape index (κ1) is 23.9. The summed E-state index contributed by atoms with van der Waals surface area (Å²) in [5.74, 6) is 0.143. The van der Waals surface area contributed by atoms with Gasteiger partial charge in [-0.05, 0) is 17.5 Å². The standard InChI is InChI=1S/C25H32N4O2S2/c1-2-3-18-33(30,31)27-25-26-23(20-32-25)19-28-14-16-29(17-15-28)24(21-10-6-4-7-11-21)22-12-8-5-9-13-22/h4-13,20,24H,2-3,14-19H2,1H3,(H,26,27). The maximum Gasteiger partial charge on any atom is 0.234 e. The van der Waals surface area contributed by atoms with Crippen LogP contribution in [-0.4, -0.2) is 55.1 Å². The van der Waals surface area contributed by atoms with Gasteiger partial charge < -0.3 is 0 Å². The van der Waals surface area contributed by atoms with Gasteiger partial charge in [0.1, 0.15) is 0 Å². The van der Waals surface area contributed by atoms with Crippen molar-refractivity contribution in [3.8, 4) is 0 Å². The number of unbranched alkanes of at least 4 members (excludes halogenated alkanes) is 1. The summed E-state index contributed by atoms with van der Waals surface area (Å²) in [6.07, 6.45) is 1.51. The smallest absolute Gasteiger partial charge is 0.234 e. The summed E-state index contributed by atoms with van der Waals surface area (Å²) in [5, 5.41) is 2.42. The molecule has 4 rings (SSSR count). The van der Waals surface area contributed by atoms with Crippen LogP contribution in [-0.2, 0) is 16.6 Å². The van der Waals surface area contributed by atoms with Crippen LogP contribution in [0.1, 0.15) is 42.6 Å². The van der Waals surface area contributed by atoms with Crippen LogP contribution in [0.4, 0.5) is 5.13 Å². The number of rotatable bonds is 10. The molecule has 1 aliphatic heterocycles. The van der Waals surface area contributed by atoms with Crippen molar-refractivity contribution in [2.24, 2.45) is 0 Å². The highest BCUT2D eigenvalue weighted by molar-refractivity contribution is 7.92. The lowest BCUT2D eigenvalue weighted by atomic mass is 9.96. The zero-order chi connectivity index (χ0) is 23.1. The summed E-state index contributed by atoms with van der Waals surface area (Å²) in [6, 6.07) is 21.7. The Bertz CT molecular complexity index is 1060. The molecule has 3 aromatic rings. The summed E-state index contributed by atoms with van der Waals surface area (Å²) < 4.78 is 26.9. The Morgan fingerprint density at radius 1 is 0.970 bits per heavy atom. The Morgan fingerprint density at radius 3 is 2.15 bits per heavy atom. The van der Waals surface area contributed by atoms with Gasteiger partial charge in [-0.15, -0.1) is 11.3 Å². The number of nitrogens with zero attached hydrogens (tertiary/aromatic N) is 3. The lowest BCUT2D eigenvalue weighted by Gasteiger charge is -2.39. The average molecular weight is 485 g/mol. The highest BCUT2D eigenvalue weighted by Crippen LogP contribution is 2.29. The molecule has 1 N–H and O–H groups in total. The van der Waals surface area contributed by atoms with E-state index in [9.17, 15) is 8.42 Å². The van der Waals surface area contributed by atoms with E-state index >= 15 is 0 Å². The normalized spacial score (nSPS) is 15.7. The van der Waals surface area contributed by atoms with Crippen molar-refractivity contribution in [1.29, 1.82) is 0 Å². The van der Waals surface area contributed by atoms with Crippen molar-refractivity contribution < 1.29 is 8.42 Å². The molecule has 0 saturated carbocycles. The van der Waals surface area contributed by atoms with Crippen molar-refractivity contribution in [2.45, 2.75) is 32.4 Å². The predicted molar refractivity (Wildman–Crippen MR) is 136 cm³/mol. The first-order valence-corrected chi connectivity index (χ1v) is 14.1. The highest BCUT2D eigenvalue weighted by atomic mass is 32.2. The molecular formula is C25H32N4O2S2. The molecule has 2 heterocycles. The Kier molecular flexibility index (Phi) is 8.14. The number of nitrogens with one attached hydrogen (secondary N) is 1. The van der Waals surface area contributed by atoms with Crippen LogP contribution in [0.2, 0.25) is 0 Å². The Labute approximate surface area is 201 Å². The third kappa shape index (κ3) is 6.63. The van der Waals surface area contributed by atoms with Gasteiger partial charge in [-0.3, -0.25) is 14.5 Å². The maximum atomic E-state index is 12.1. The average Bonchev–Trinajstić information content (AvgIpc) is 3.26. The molecule has 0 bridgehead atoms. The Balaban J connectivity index is 1.36. The van der Waals surface area contributed by atoms with E-state index in [1.54, 1.807) is 0 Å². The SMILES string of the molecule is CCCCS(=O)(=O)Nc1nc(CN2CCN(C(c3ccccc3)c3ccccc3)CC2)cs1. The van der Waals surface area contributed by atoms with Gasteiger partial charge in [0.25, 0.3) is 0 Å². The number of aromatic nitrogens is 1. The van der Waals surface area contributed by atoms with E-state index in [1.807, 2.05) is 12.3 Å². The van der Waals surface area contributed by atoms with Crippen molar-refractivity contribution in [3.05, 3.63) is 82.9 Å². The second-order valence-corrected chi connectivity index (χ2v) is 11.2. The van der Waals surface area contributed by atoms with Gasteiger partial charge in [0.05, 0.1) is 17.5 Å². The molecule has 1 fully saturated rings. The van der Waals surface area contributed by atoms with E-state index in [1.165, 1.54) is 22.5 Å². The molecule has 6 nitrogen and oxygen atoms in total. The van der Waals surface area contributed by atoms with Crippen LogP contribution in [0.5, 0.6) is 0 Å². The monoisotopic (exact) mass is 484 g/mol. The number of hydrogen-bond acceptors (Lipinski definition) is 6. The molecule has 0 unspecified atom stereocenters. The van der Waals surface area contributed by atoms with E-state index in [2.05, 4.69) is 80.2 Å². The van der Waals surface area contributed by atoms with Gasteiger partial charge in [-0.2, -0.15) is 0 Å². The molecule has 0 aliphatic carbocycles. The second-order valence-electron chi connectivity index (χ2n) is 8.45. The molecule has 0 spiro atoms. The number of anilines is 1. The number of hydrogen-bond donors (Lipinski definition) is 1. The van der Waals surface area contributed by atoms with Crippen LogP contribution < -0.4 is 4.72 Å². The van der Waals surface area contributed by atoms with Gasteiger partial charge in [0.15, 0.2) is 5.13 Å². The topological polar surface area (TPSA) is 65.5 Å². The molecule has 33 heavy (non-hydrogen) atoms. The summed E-state index contributed by atoms with van der Waals surface area (Å²) in [4.78, 5) is 9.47. The van der Waals surface area contributed by atoms with Gasteiger partial charge in [-0.25, -0.2) is 13.4 Å². The van der Waals surface area contributed by atoms with Crippen molar-refractivity contribution in [2.75, 3.05) is 36.7 Å². The Morgan fingerprint density at radius 2 is 1.58 bits per heavy atom. The maximum absolute atomic E-state index is 12.1. The second kappa shape index (κ2) is 11.2. The molecule has 0 radical (unpaired) electrons. The van der Waals surface area contributed by atoms with Gasteiger partial charge in [0, 0.05) is 38.1 Å². The zero-order valence-corrected chi connectivity index (χ0v) is 20.7. The van der Waals surface area contributed by atoms with Crippen molar-refractivity contribution in [1.82, 2.24) is 14.8 Å². The van der Waals surface area contributed by atoms with Crippen LogP contribution in [0.15, 0.2) is 66.0 Å². The van der Waals surface area contributed by atoms with E-state index in [0.717, 1.165) is 44.8 Å². The van der Waals surface area contributed by atoms with Crippen LogP contribution in [0.25, 0.3) is 0 Å². The fraction of sp³-hybridized carbons (Fsp3) is 0.400. The summed E-state index contributed by atoms with van der Waals surface area (Å²) >= 11 is 1.36. The van der Waals surface area contributed by atoms with E-state index in [-0.39, 0.29) is 11.8 Å². The molecule has 0 amide bonds. The minimum atomic E-state index is -3.31. The highest BCUT2D eigenvalue weighted by Gasteiger charge is 2.26. The molecule has 8 heteroatoms. The number of thiazole rings is 1. The van der Waals surface area contributed by atoms with E-state index in [4.69, 9.17) is 0 Å². The van der Waals surface area contributed by atoms with Gasteiger partial charge in [0.2, 0.25) is 10.0 Å². The van der Waals surface area contributed by atoms with E-state index < -0.39 is 10.0 Å². The summed E-state index contributed by atoms with van der Waals surface area (Å²) in [7, 11) is -3.31. The largest absolute Gasteiger partial charge is 0.295 e. The molecule has 0 atom stereocenters. The third-order valence-electron chi connectivity index (χ3n) is 5.95. The molecular weight excluding hydrogens is 452 g/mol. The minimum Gasteiger partial charge on any atom is -0.295 e. The molecule has 1 aliphatic rings. The third-order valence-corrected chi connectivity index (χ3v) is 8.22. The van der Waals surface area contributed by atoms with Crippen molar-refractivity contribution >= 4 is 26.5 Å². The first-order valence-electron chi connectivity index (χ1n) is 11.6. The number of benzene rings is 2. The van der Waals surface area contributed by atoms with Gasteiger partial charge in [-0.1, -0.05) is 74.0 Å². The number of piperazine rings is 1. The van der Waals surface area contributed by atoms with Crippen LogP contribution in [0, 0.1) is 0 Å². The first-order chi connectivity index (χ1) is 16.0. The predicted octanol–water partition coefficient (Wildman–Crippen LogP) is 4.59. The van der Waals surface area contributed by atoms with Gasteiger partial charge >= 0.3 is 0 Å². The van der Waals surface area contributed by atoms with E-state index in [0.29, 0.717) is 11.6 Å². The zero-order valence-electron chi connectivity index (χ0n) is 19.1. The van der Waals surface area contributed by atoms with Crippen LogP contribution >= 0.6 is 11.3 Å². The lowest BCUT2D eigenvalue weighted by molar-refractivity contribution is 0.104. The fourth-order valence-corrected chi connectivity index (χ4v) is 6.44. The fourth-order valence-electron chi connectivity index (χ4n) is 4.24. The lowest BCUT2D eigenvalue weighted by Crippen LogP contribution is -2.47.